The monoisotopic (exact) mass is 1260 g/mol. The smallest absolute Gasteiger partial charge is 0.329 e. The maximum Gasteiger partial charge on any atom is 0.329 e. The summed E-state index contributed by atoms with van der Waals surface area (Å²) in [6, 6.07) is -6.93. The molecule has 28 nitrogen and oxygen atoms in total. The molecule has 492 valence electrons. The number of nitrogens with one attached hydrogen (secondary N) is 4. The molecule has 0 radical (unpaired) electrons. The molecule has 6 N–H and O–H groups in total. The van der Waals surface area contributed by atoms with E-state index in [-0.39, 0.29) is 41.0 Å². The molecule has 0 bridgehead atoms. The highest BCUT2D eigenvalue weighted by atomic mass is 16.6. The molecule has 10 amide bonds. The summed E-state index contributed by atoms with van der Waals surface area (Å²) in [5.74, 6) is -12.5. The van der Waals surface area contributed by atoms with Gasteiger partial charge >= 0.3 is 11.9 Å². The number of esters is 2. The summed E-state index contributed by atoms with van der Waals surface area (Å²) in [5.41, 5.74) is 3.54. The summed E-state index contributed by atoms with van der Waals surface area (Å²) < 4.78 is 18.3. The summed E-state index contributed by atoms with van der Waals surface area (Å²) in [7, 11) is 6.87. The molecule has 4 aliphatic heterocycles. The zero-order chi connectivity index (χ0) is 67.4. The van der Waals surface area contributed by atoms with Gasteiger partial charge in [-0.05, 0) is 75.8 Å². The minimum Gasteiger partial charge on any atom is -0.458 e. The molecule has 6 rings (SSSR count). The number of carbonyl (C=O) groups is 12. The highest BCUT2D eigenvalue weighted by Gasteiger charge is 2.45. The van der Waals surface area contributed by atoms with Gasteiger partial charge in [0.1, 0.15) is 65.7 Å². The third-order valence-electron chi connectivity index (χ3n) is 17.6. The van der Waals surface area contributed by atoms with E-state index in [1.807, 2.05) is 0 Å². The summed E-state index contributed by atoms with van der Waals surface area (Å²) in [5, 5.41) is 10.7. The Balaban J connectivity index is 1.48. The average Bonchev–Trinajstić information content (AvgIpc) is 0.822. The van der Waals surface area contributed by atoms with Crippen molar-refractivity contribution in [2.75, 3.05) is 67.2 Å². The fourth-order valence-electron chi connectivity index (χ4n) is 11.5. The number of anilines is 1. The van der Waals surface area contributed by atoms with Crippen LogP contribution in [-0.2, 0) is 57.4 Å². The van der Waals surface area contributed by atoms with Crippen LogP contribution in [0.4, 0.5) is 5.69 Å². The van der Waals surface area contributed by atoms with Crippen molar-refractivity contribution < 1.29 is 71.4 Å². The first-order chi connectivity index (χ1) is 42.1. The van der Waals surface area contributed by atoms with Crippen LogP contribution in [0, 0.1) is 37.5 Å². The molecule has 3 unspecified atom stereocenters. The van der Waals surface area contributed by atoms with Crippen molar-refractivity contribution in [3.8, 4) is 11.5 Å². The summed E-state index contributed by atoms with van der Waals surface area (Å²) >= 11 is 0. The van der Waals surface area contributed by atoms with Crippen molar-refractivity contribution in [2.45, 2.75) is 163 Å². The zero-order valence-corrected chi connectivity index (χ0v) is 54.6. The quantitative estimate of drug-likeness (QED) is 0.107. The van der Waals surface area contributed by atoms with E-state index in [1.165, 1.54) is 77.9 Å². The van der Waals surface area contributed by atoms with Gasteiger partial charge in [0, 0.05) is 47.3 Å². The van der Waals surface area contributed by atoms with Crippen molar-refractivity contribution >= 4 is 87.8 Å². The van der Waals surface area contributed by atoms with E-state index < -0.39 is 191 Å². The number of ether oxygens (including phenoxy) is 2. The normalized spacial score (nSPS) is 25.4. The number of nitrogen functional groups attached to an aromatic ring is 1. The number of carbonyl (C=O) groups excluding carboxylic acids is 12. The highest BCUT2D eigenvalue weighted by molar-refractivity contribution is 6.10. The van der Waals surface area contributed by atoms with E-state index in [1.54, 1.807) is 62.3 Å². The molecule has 0 saturated carbocycles. The second-order valence-corrected chi connectivity index (χ2v) is 24.9. The van der Waals surface area contributed by atoms with Crippen LogP contribution in [0.2, 0.25) is 0 Å². The molecule has 1 aliphatic carbocycles. The Morgan fingerprint density at radius 2 is 1.12 bits per heavy atom. The van der Waals surface area contributed by atoms with Crippen LogP contribution in [0.3, 0.4) is 0 Å². The van der Waals surface area contributed by atoms with Crippen LogP contribution in [0.1, 0.15) is 127 Å². The molecule has 1 aromatic rings. The molecule has 3 saturated heterocycles. The van der Waals surface area contributed by atoms with Crippen molar-refractivity contribution in [3.63, 3.8) is 0 Å². The lowest BCUT2D eigenvalue weighted by molar-refractivity contribution is -0.163. The number of fused-ring (bicyclic) bond motifs is 3. The van der Waals surface area contributed by atoms with Gasteiger partial charge in [0.25, 0.3) is 11.8 Å². The van der Waals surface area contributed by atoms with E-state index in [2.05, 4.69) is 21.3 Å². The van der Waals surface area contributed by atoms with E-state index >= 15 is 9.59 Å². The number of nitrogens with two attached hydrogens (primary N) is 1. The number of cyclic esters (lactones) is 2. The maximum absolute atomic E-state index is 15.2. The predicted octanol–water partition coefficient (Wildman–Crippen LogP) is 0.973. The van der Waals surface area contributed by atoms with Crippen LogP contribution in [0.15, 0.2) is 21.3 Å². The lowest BCUT2D eigenvalue weighted by Gasteiger charge is -2.36. The average molecular weight is 1260 g/mol. The Morgan fingerprint density at radius 1 is 0.656 bits per heavy atom. The van der Waals surface area contributed by atoms with E-state index in [9.17, 15) is 52.7 Å². The number of rotatable bonds is 10. The number of aryl methyl sites for hydroxylation is 1. The number of hydrogen-bond donors (Lipinski definition) is 5. The van der Waals surface area contributed by atoms with E-state index in [0.717, 1.165) is 19.6 Å². The second kappa shape index (κ2) is 28.8. The third-order valence-corrected chi connectivity index (χ3v) is 17.6. The zero-order valence-electron chi connectivity index (χ0n) is 54.6. The van der Waals surface area contributed by atoms with Gasteiger partial charge in [0.15, 0.2) is 11.3 Å². The van der Waals surface area contributed by atoms with Crippen molar-refractivity contribution in [3.05, 3.63) is 44.6 Å². The van der Waals surface area contributed by atoms with E-state index in [0.29, 0.717) is 24.8 Å². The van der Waals surface area contributed by atoms with Gasteiger partial charge < -0.3 is 70.3 Å². The first-order valence-corrected chi connectivity index (χ1v) is 30.4. The Labute approximate surface area is 523 Å². The van der Waals surface area contributed by atoms with Gasteiger partial charge in [-0.3, -0.25) is 52.7 Å². The fraction of sp³-hybridized carbons (Fsp3) is 0.613. The Bertz CT molecular complexity index is 3370. The molecule has 0 aromatic heterocycles. The first kappa shape index (κ1) is 70.4. The second-order valence-electron chi connectivity index (χ2n) is 24.9. The lowest BCUT2D eigenvalue weighted by Crippen LogP contribution is -2.61. The molecule has 5 aliphatic rings. The summed E-state index contributed by atoms with van der Waals surface area (Å²) in [4.78, 5) is 198. The molecule has 28 heteroatoms. The number of aromatic nitrogens is 1. The summed E-state index contributed by atoms with van der Waals surface area (Å²) in [6.45, 7) is 18.0. The van der Waals surface area contributed by atoms with Crippen molar-refractivity contribution in [1.29, 1.82) is 0 Å². The number of benzene rings is 2. The van der Waals surface area contributed by atoms with Crippen LogP contribution in [-0.4, -0.2) is 221 Å². The SMILES string of the molecule is CC[C@H](C)C1NC(=O)C(NC(=O)c2c3nc4c(C(=O)N[C@@H]5C(=O)N[C@H]([C@@H](C)CC)C(=O)N6CCC[C@H]6C(=O)N(C)CC(=O)N(C)[C@@H](C(C)C)C(=O)O[C@@H]5C)ccc(C)c4oc-3c(C)c(=O)c2N)[C@@H](C)OC(=O)C(C(C)C)N(C)C(=O)CN(C)C(=O)CN(C)C1=O. The van der Waals surface area contributed by atoms with Crippen LogP contribution >= 0.6 is 0 Å². The molecule has 11 atom stereocenters. The van der Waals surface area contributed by atoms with Gasteiger partial charge in [-0.25, -0.2) is 14.6 Å². The Hall–Kier alpha value is -8.72. The largest absolute Gasteiger partial charge is 0.458 e. The topological polar surface area (TPSA) is 360 Å². The predicted molar refractivity (Wildman–Crippen MR) is 328 cm³/mol. The minimum atomic E-state index is -1.89. The van der Waals surface area contributed by atoms with Gasteiger partial charge in [-0.1, -0.05) is 74.3 Å². The molecule has 1 aromatic carbocycles. The van der Waals surface area contributed by atoms with Crippen molar-refractivity contribution in [2.24, 2.45) is 23.7 Å². The lowest BCUT2D eigenvalue weighted by atomic mass is 9.96. The van der Waals surface area contributed by atoms with Crippen LogP contribution in [0.25, 0.3) is 22.6 Å². The number of hydrogen-bond acceptors (Lipinski definition) is 18. The number of amides is 10. The maximum atomic E-state index is 15.2. The summed E-state index contributed by atoms with van der Waals surface area (Å²) in [6.07, 6.45) is -1.66. The Morgan fingerprint density at radius 3 is 1.62 bits per heavy atom. The van der Waals surface area contributed by atoms with Crippen LogP contribution < -0.4 is 32.4 Å². The van der Waals surface area contributed by atoms with Crippen LogP contribution in [0.5, 0.6) is 0 Å². The number of nitrogens with zero attached hydrogens (tertiary/aromatic N) is 7. The fourth-order valence-corrected chi connectivity index (χ4v) is 11.5. The molecule has 90 heavy (non-hydrogen) atoms. The third kappa shape index (κ3) is 14.6. The molecule has 0 spiro atoms. The molecule has 3 fully saturated rings. The van der Waals surface area contributed by atoms with Crippen molar-refractivity contribution in [1.82, 2.24) is 55.7 Å². The Kier molecular flexibility index (Phi) is 22.5. The first-order valence-electron chi connectivity index (χ1n) is 30.4. The van der Waals surface area contributed by atoms with E-state index in [4.69, 9.17) is 24.6 Å². The van der Waals surface area contributed by atoms with Gasteiger partial charge in [-0.15, -0.1) is 0 Å². The molecular weight excluding hydrogens is 1170 g/mol. The molecule has 4 heterocycles. The van der Waals surface area contributed by atoms with Gasteiger partial charge in [0.2, 0.25) is 52.7 Å². The van der Waals surface area contributed by atoms with Gasteiger partial charge in [0.05, 0.1) is 36.4 Å². The number of likely N-dealkylation sites (N-methyl/N-ethyl adjacent to an activating group) is 5. The molecular formula is C62H88N12O16. The minimum absolute atomic E-state index is 0.0781. The highest BCUT2D eigenvalue weighted by Crippen LogP contribution is 2.35. The van der Waals surface area contributed by atoms with Gasteiger partial charge in [-0.2, -0.15) is 0 Å². The standard InChI is InChI=1S/C62H88N12O16/c1-18-30(7)43-59(84)71(15)25-38(75)69(13)26-39(76)72(16)49(28(3)4)61(86)89-35(12)46(57(82)65-43)68-55(80)41-42(63)51(78)33(10)53-48(41)64-47-36(23-22-32(9)52(47)90-53)54(79)67-45-34(11)88-62(87)50(29(5)6)73(17)40(77)27-70(14)58(83)37-21-20-24-74(37)60(85)44(31(8)19-2)66-56(45)81/h22-23,28-31,34-35,37,43-46,49-50H,18-21,24-27,63H2,1-17H3,(H,65,82)(H,66,81)(H,67,79)(H,68,80)/t30-,31-,34+,35+,37-,43?,44+,45-,46?,49?,50-/m0/s1.